The van der Waals surface area contributed by atoms with E-state index < -0.39 is 5.97 Å². The maximum Gasteiger partial charge on any atom is 0.354 e. The van der Waals surface area contributed by atoms with Crippen molar-refractivity contribution in [2.45, 2.75) is 26.2 Å². The van der Waals surface area contributed by atoms with Crippen molar-refractivity contribution in [2.24, 2.45) is 0 Å². The highest BCUT2D eigenvalue weighted by molar-refractivity contribution is 5.85. The Morgan fingerprint density at radius 3 is 2.46 bits per heavy atom. The highest BCUT2D eigenvalue weighted by atomic mass is 16.4. The number of hydrogen-bond donors (Lipinski definition) is 1. The van der Waals surface area contributed by atoms with Crippen molar-refractivity contribution in [3.8, 4) is 0 Å². The molecule has 0 fully saturated rings. The van der Waals surface area contributed by atoms with E-state index in [1.165, 1.54) is 12.4 Å². The summed E-state index contributed by atoms with van der Waals surface area (Å²) < 4.78 is 0. The number of carboxylic acids is 1. The molecular formula is C9H12N2O2. The molecule has 1 aromatic heterocycles. The number of carbonyl (C=O) groups is 1. The fraction of sp³-hybridized carbons (Fsp3) is 0.444. The lowest BCUT2D eigenvalue weighted by atomic mass is 9.91. The van der Waals surface area contributed by atoms with Gasteiger partial charge in [-0.3, -0.25) is 0 Å². The van der Waals surface area contributed by atoms with Gasteiger partial charge in [-0.1, -0.05) is 20.8 Å². The molecule has 0 amide bonds. The second-order valence-corrected chi connectivity index (χ2v) is 3.84. The minimum absolute atomic E-state index is 0.0416. The first kappa shape index (κ1) is 9.64. The van der Waals surface area contributed by atoms with Crippen molar-refractivity contribution >= 4 is 5.97 Å². The Kier molecular flexibility index (Phi) is 2.32. The largest absolute Gasteiger partial charge is 0.477 e. The molecule has 0 aliphatic carbocycles. The van der Waals surface area contributed by atoms with Crippen LogP contribution >= 0.6 is 0 Å². The van der Waals surface area contributed by atoms with Gasteiger partial charge in [0.1, 0.15) is 6.33 Å². The van der Waals surface area contributed by atoms with Crippen molar-refractivity contribution in [2.75, 3.05) is 0 Å². The Morgan fingerprint density at radius 2 is 2.00 bits per heavy atom. The van der Waals surface area contributed by atoms with Crippen LogP contribution in [0.4, 0.5) is 0 Å². The first-order valence-electron chi connectivity index (χ1n) is 3.97. The van der Waals surface area contributed by atoms with E-state index in [-0.39, 0.29) is 11.1 Å². The molecule has 4 nitrogen and oxygen atoms in total. The summed E-state index contributed by atoms with van der Waals surface area (Å²) in [5.74, 6) is -1.02. The fourth-order valence-electron chi connectivity index (χ4n) is 0.884. The highest BCUT2D eigenvalue weighted by Gasteiger charge is 2.17. The van der Waals surface area contributed by atoms with Gasteiger partial charge in [0.05, 0.1) is 0 Å². The van der Waals surface area contributed by atoms with Crippen LogP contribution in [0, 0.1) is 0 Å². The lowest BCUT2D eigenvalue weighted by molar-refractivity contribution is 0.0690. The zero-order valence-electron chi connectivity index (χ0n) is 7.90. The van der Waals surface area contributed by atoms with Crippen molar-refractivity contribution in [3.63, 3.8) is 0 Å². The van der Waals surface area contributed by atoms with Crippen molar-refractivity contribution in [1.29, 1.82) is 0 Å². The van der Waals surface area contributed by atoms with Crippen LogP contribution in [0.2, 0.25) is 0 Å². The molecule has 13 heavy (non-hydrogen) atoms. The van der Waals surface area contributed by atoms with E-state index in [1.807, 2.05) is 20.8 Å². The molecule has 0 saturated carbocycles. The molecule has 0 bridgehead atoms. The van der Waals surface area contributed by atoms with Crippen LogP contribution in [0.15, 0.2) is 12.4 Å². The van der Waals surface area contributed by atoms with E-state index in [0.717, 1.165) is 5.69 Å². The average molecular weight is 180 g/mol. The summed E-state index contributed by atoms with van der Waals surface area (Å²) in [5.41, 5.74) is 0.632. The molecule has 4 heteroatoms. The SMILES string of the molecule is CC(C)(C)c1cc(C(=O)O)ncn1. The highest BCUT2D eigenvalue weighted by Crippen LogP contribution is 2.19. The summed E-state index contributed by atoms with van der Waals surface area (Å²) in [6.45, 7) is 5.92. The number of hydrogen-bond acceptors (Lipinski definition) is 3. The number of carboxylic acid groups (broad SMARTS) is 1. The van der Waals surface area contributed by atoms with Gasteiger partial charge in [0.2, 0.25) is 0 Å². The standard InChI is InChI=1S/C9H12N2O2/c1-9(2,3)7-4-6(8(12)13)10-5-11-7/h4-5H,1-3H3,(H,12,13). The molecule has 70 valence electrons. The second-order valence-electron chi connectivity index (χ2n) is 3.84. The quantitative estimate of drug-likeness (QED) is 0.710. The molecule has 1 N–H and O–H groups in total. The zero-order chi connectivity index (χ0) is 10.1. The monoisotopic (exact) mass is 180 g/mol. The lowest BCUT2D eigenvalue weighted by Crippen LogP contribution is -2.15. The van der Waals surface area contributed by atoms with Gasteiger partial charge in [-0.05, 0) is 6.07 Å². The topological polar surface area (TPSA) is 63.1 Å². The van der Waals surface area contributed by atoms with Gasteiger partial charge < -0.3 is 5.11 Å². The van der Waals surface area contributed by atoms with Crippen molar-refractivity contribution in [3.05, 3.63) is 23.8 Å². The molecule has 0 aliphatic rings. The van der Waals surface area contributed by atoms with E-state index in [4.69, 9.17) is 5.11 Å². The normalized spacial score (nSPS) is 11.3. The summed E-state index contributed by atoms with van der Waals surface area (Å²) in [6.07, 6.45) is 1.28. The molecule has 0 unspecified atom stereocenters. The summed E-state index contributed by atoms with van der Waals surface area (Å²) >= 11 is 0. The zero-order valence-corrected chi connectivity index (χ0v) is 7.90. The number of nitrogens with zero attached hydrogens (tertiary/aromatic N) is 2. The predicted molar refractivity (Wildman–Crippen MR) is 47.7 cm³/mol. The van der Waals surface area contributed by atoms with Crippen LogP contribution in [0.25, 0.3) is 0 Å². The van der Waals surface area contributed by atoms with Gasteiger partial charge in [-0.2, -0.15) is 0 Å². The number of rotatable bonds is 1. The molecule has 0 aromatic carbocycles. The van der Waals surface area contributed by atoms with E-state index in [0.29, 0.717) is 0 Å². The van der Waals surface area contributed by atoms with Crippen LogP contribution in [-0.4, -0.2) is 21.0 Å². The molecule has 1 heterocycles. The van der Waals surface area contributed by atoms with E-state index in [1.54, 1.807) is 0 Å². The molecule has 0 spiro atoms. The third-order valence-electron chi connectivity index (χ3n) is 1.65. The number of aromatic carboxylic acids is 1. The molecule has 0 atom stereocenters. The first-order chi connectivity index (χ1) is 5.91. The minimum Gasteiger partial charge on any atom is -0.477 e. The summed E-state index contributed by atoms with van der Waals surface area (Å²) in [5, 5.41) is 8.68. The van der Waals surface area contributed by atoms with E-state index in [9.17, 15) is 4.79 Å². The Bertz CT molecular complexity index is 329. The van der Waals surface area contributed by atoms with Gasteiger partial charge in [0, 0.05) is 11.1 Å². The Balaban J connectivity index is 3.13. The van der Waals surface area contributed by atoms with Crippen molar-refractivity contribution in [1.82, 2.24) is 9.97 Å². The lowest BCUT2D eigenvalue weighted by Gasteiger charge is -2.16. The minimum atomic E-state index is -1.02. The van der Waals surface area contributed by atoms with Crippen LogP contribution in [0.5, 0.6) is 0 Å². The van der Waals surface area contributed by atoms with Gasteiger partial charge in [-0.15, -0.1) is 0 Å². The van der Waals surface area contributed by atoms with Crippen LogP contribution in [-0.2, 0) is 5.41 Å². The van der Waals surface area contributed by atoms with Crippen LogP contribution < -0.4 is 0 Å². The maximum atomic E-state index is 10.6. The van der Waals surface area contributed by atoms with Gasteiger partial charge in [-0.25, -0.2) is 14.8 Å². The summed E-state index contributed by atoms with van der Waals surface area (Å²) in [6, 6.07) is 1.50. The van der Waals surface area contributed by atoms with E-state index >= 15 is 0 Å². The first-order valence-corrected chi connectivity index (χ1v) is 3.97. The van der Waals surface area contributed by atoms with E-state index in [2.05, 4.69) is 9.97 Å². The third-order valence-corrected chi connectivity index (χ3v) is 1.65. The molecule has 0 saturated heterocycles. The molecular weight excluding hydrogens is 168 g/mol. The molecule has 0 radical (unpaired) electrons. The van der Waals surface area contributed by atoms with Gasteiger partial charge in [0.15, 0.2) is 5.69 Å². The molecule has 1 rings (SSSR count). The second kappa shape index (κ2) is 3.12. The third kappa shape index (κ3) is 2.24. The van der Waals surface area contributed by atoms with Gasteiger partial charge >= 0.3 is 5.97 Å². The Labute approximate surface area is 76.7 Å². The van der Waals surface area contributed by atoms with Gasteiger partial charge in [0.25, 0.3) is 0 Å². The average Bonchev–Trinajstić information content (AvgIpc) is 2.03. The van der Waals surface area contributed by atoms with Crippen LogP contribution in [0.1, 0.15) is 37.0 Å². The summed E-state index contributed by atoms with van der Waals surface area (Å²) in [7, 11) is 0. The fourth-order valence-corrected chi connectivity index (χ4v) is 0.884. The summed E-state index contributed by atoms with van der Waals surface area (Å²) in [4.78, 5) is 18.3. The molecule has 0 aliphatic heterocycles. The van der Waals surface area contributed by atoms with Crippen molar-refractivity contribution < 1.29 is 9.90 Å². The number of aromatic nitrogens is 2. The molecule has 1 aromatic rings. The Hall–Kier alpha value is -1.45. The Morgan fingerprint density at radius 1 is 1.38 bits per heavy atom. The smallest absolute Gasteiger partial charge is 0.354 e. The predicted octanol–water partition coefficient (Wildman–Crippen LogP) is 1.47. The van der Waals surface area contributed by atoms with Crippen LogP contribution in [0.3, 0.4) is 0 Å². The maximum absolute atomic E-state index is 10.6.